The van der Waals surface area contributed by atoms with Crippen molar-refractivity contribution in [1.82, 2.24) is 49.5 Å². The summed E-state index contributed by atoms with van der Waals surface area (Å²) in [7, 11) is 6.62. The van der Waals surface area contributed by atoms with Crippen molar-refractivity contribution in [2.45, 2.75) is 152 Å². The number of aromatic nitrogens is 10. The first kappa shape index (κ1) is 51.8. The largest absolute Gasteiger partial charge is 0.465 e. The fourth-order valence-electron chi connectivity index (χ4n) is 13.7. The zero-order valence-electron chi connectivity index (χ0n) is 45.5. The van der Waals surface area contributed by atoms with Gasteiger partial charge in [-0.25, -0.2) is 19.0 Å². The van der Waals surface area contributed by atoms with Crippen molar-refractivity contribution >= 4 is 23.3 Å². The lowest BCUT2D eigenvalue weighted by Crippen LogP contribution is -2.35. The first-order valence-electron chi connectivity index (χ1n) is 29.0. The number of nitrogens with zero attached hydrogens (tertiary/aromatic N) is 12. The molecule has 0 bridgehead atoms. The third-order valence-electron chi connectivity index (χ3n) is 18.0. The van der Waals surface area contributed by atoms with Gasteiger partial charge >= 0.3 is 11.9 Å². The molecule has 2 aliphatic heterocycles. The number of ether oxygens (including phenoxy) is 2. The quantitative estimate of drug-likeness (QED) is 0.0847. The van der Waals surface area contributed by atoms with Crippen LogP contribution in [0.15, 0.2) is 73.3 Å². The summed E-state index contributed by atoms with van der Waals surface area (Å²) in [5, 5.41) is 26.2. The second-order valence-corrected chi connectivity index (χ2v) is 23.3. The van der Waals surface area contributed by atoms with E-state index in [0.717, 1.165) is 96.8 Å². The number of carbonyl (C=O) groups is 2. The number of hydrogen-bond donors (Lipinski definition) is 0. The minimum Gasteiger partial charge on any atom is -0.465 e. The number of piperidine rings is 2. The highest BCUT2D eigenvalue weighted by molar-refractivity contribution is 5.91. The van der Waals surface area contributed by atoms with Crippen molar-refractivity contribution in [3.8, 4) is 11.4 Å². The Balaban J connectivity index is 0.000000162. The van der Waals surface area contributed by atoms with Gasteiger partial charge < -0.3 is 19.3 Å². The Kier molecular flexibility index (Phi) is 16.0. The van der Waals surface area contributed by atoms with Gasteiger partial charge in [-0.3, -0.25) is 9.36 Å². The number of benzene rings is 2. The molecule has 0 radical (unpaired) electrons. The molecule has 4 aromatic heterocycles. The van der Waals surface area contributed by atoms with E-state index in [1.165, 1.54) is 141 Å². The molecule has 404 valence electrons. The fourth-order valence-corrected chi connectivity index (χ4v) is 13.7. The normalized spacial score (nSPS) is 23.9. The maximum absolute atomic E-state index is 12.7. The number of methoxy groups -OCH3 is 2. The van der Waals surface area contributed by atoms with Crippen LogP contribution in [0.1, 0.15) is 196 Å². The molecule has 0 unspecified atom stereocenters. The van der Waals surface area contributed by atoms with Crippen molar-refractivity contribution in [2.24, 2.45) is 37.8 Å². The van der Waals surface area contributed by atoms with Crippen molar-refractivity contribution in [1.29, 1.82) is 0 Å². The summed E-state index contributed by atoms with van der Waals surface area (Å²) >= 11 is 0. The molecule has 12 rings (SSSR count). The summed E-state index contributed by atoms with van der Waals surface area (Å²) in [4.78, 5) is 30.5. The van der Waals surface area contributed by atoms with Crippen molar-refractivity contribution in [3.05, 3.63) is 107 Å². The highest BCUT2D eigenvalue weighted by atomic mass is 16.5. The maximum Gasteiger partial charge on any atom is 0.341 e. The first-order valence-corrected chi connectivity index (χ1v) is 29.0. The van der Waals surface area contributed by atoms with E-state index in [9.17, 15) is 9.59 Å². The highest BCUT2D eigenvalue weighted by Crippen LogP contribution is 2.56. The molecule has 4 aliphatic carbocycles. The van der Waals surface area contributed by atoms with Crippen molar-refractivity contribution in [3.63, 3.8) is 0 Å². The smallest absolute Gasteiger partial charge is 0.341 e. The van der Waals surface area contributed by atoms with E-state index in [2.05, 4.69) is 89.2 Å². The van der Waals surface area contributed by atoms with Gasteiger partial charge in [-0.2, -0.15) is 10.2 Å². The van der Waals surface area contributed by atoms with Crippen LogP contribution in [0.4, 0.5) is 11.4 Å². The van der Waals surface area contributed by atoms with Crippen LogP contribution in [0.5, 0.6) is 0 Å². The molecular formula is C60H80N12O4. The molecule has 76 heavy (non-hydrogen) atoms. The van der Waals surface area contributed by atoms with Gasteiger partial charge in [0.25, 0.3) is 0 Å². The van der Waals surface area contributed by atoms with E-state index >= 15 is 0 Å². The Hall–Kier alpha value is -6.32. The lowest BCUT2D eigenvalue weighted by Gasteiger charge is -2.35. The van der Waals surface area contributed by atoms with E-state index in [1.807, 2.05) is 35.9 Å². The van der Waals surface area contributed by atoms with Crippen LogP contribution < -0.4 is 9.80 Å². The van der Waals surface area contributed by atoms with Crippen LogP contribution in [0.2, 0.25) is 0 Å². The monoisotopic (exact) mass is 1030 g/mol. The van der Waals surface area contributed by atoms with Gasteiger partial charge in [-0.15, -0.1) is 10.2 Å². The van der Waals surface area contributed by atoms with Gasteiger partial charge in [-0.1, -0.05) is 99.6 Å². The molecule has 0 spiro atoms. The number of carbonyl (C=O) groups excluding carboxylic acids is 2. The number of hydrogen-bond acceptors (Lipinski definition) is 12. The second-order valence-electron chi connectivity index (χ2n) is 23.3. The van der Waals surface area contributed by atoms with Crippen molar-refractivity contribution in [2.75, 3.05) is 50.2 Å². The van der Waals surface area contributed by atoms with Gasteiger partial charge in [-0.05, 0) is 111 Å². The van der Waals surface area contributed by atoms with Crippen LogP contribution in [-0.2, 0) is 23.6 Å². The molecule has 6 fully saturated rings. The van der Waals surface area contributed by atoms with E-state index in [-0.39, 0.29) is 35.6 Å². The molecule has 6 aromatic rings. The zero-order chi connectivity index (χ0) is 52.1. The SMILES string of the molecule is COC(=O)c1cnn(-c2cccc(N3CCC[C@@H](CCC4CCCCC4)C3)c2)c1[C@@H]1C[C@H]1c1cn(C)nn1.COC(=O)c1cnn(-c2cccc(N3CCC[C@H](CCC4CCCCC4)C3)c2)c1[C@@H]1C[C@H]1c1cn(C)nn1. The fraction of sp³-hybridized carbons (Fsp3) is 0.600. The van der Waals surface area contributed by atoms with E-state index in [4.69, 9.17) is 9.47 Å². The molecule has 2 aromatic carbocycles. The van der Waals surface area contributed by atoms with Crippen LogP contribution in [-0.4, -0.2) is 102 Å². The molecule has 6 aliphatic rings. The van der Waals surface area contributed by atoms with E-state index in [0.29, 0.717) is 11.1 Å². The number of esters is 2. The topological polar surface area (TPSA) is 156 Å². The zero-order valence-corrected chi connectivity index (χ0v) is 45.5. The lowest BCUT2D eigenvalue weighted by atomic mass is 9.82. The standard InChI is InChI=1S/2C30H40N6O2/c2*1-34-20-28(32-33-34)25-17-26(25)29-27(30(37)38-2)18-31-36(29)24-12-6-11-23(16-24)35-15-7-10-22(19-35)14-13-21-8-4-3-5-9-21/h2*6,11-12,16,18,20-22,25-26H,3-5,7-10,13-15,17,19H2,1-2H3/t22-,25+,26+;22-,25-,26-/m01/s1. The van der Waals surface area contributed by atoms with E-state index < -0.39 is 0 Å². The third-order valence-corrected chi connectivity index (χ3v) is 18.0. The minimum atomic E-state index is -0.343. The lowest BCUT2D eigenvalue weighted by molar-refractivity contribution is 0.0590. The van der Waals surface area contributed by atoms with Crippen LogP contribution in [0, 0.1) is 23.7 Å². The summed E-state index contributed by atoms with van der Waals surface area (Å²) in [5.41, 5.74) is 9.28. The van der Waals surface area contributed by atoms with Gasteiger partial charge in [0.1, 0.15) is 11.1 Å². The van der Waals surface area contributed by atoms with Crippen molar-refractivity contribution < 1.29 is 19.1 Å². The van der Waals surface area contributed by atoms with Gasteiger partial charge in [0, 0.05) is 87.7 Å². The molecule has 6 atom stereocenters. The summed E-state index contributed by atoms with van der Waals surface area (Å²) in [6, 6.07) is 17.3. The average Bonchev–Trinajstić information content (AvgIpc) is 4.14. The summed E-state index contributed by atoms with van der Waals surface area (Å²) < 4.78 is 17.6. The maximum atomic E-state index is 12.7. The van der Waals surface area contributed by atoms with Crippen LogP contribution in [0.3, 0.4) is 0 Å². The van der Waals surface area contributed by atoms with Gasteiger partial charge in [0.2, 0.25) is 0 Å². The second kappa shape index (κ2) is 23.5. The molecule has 0 N–H and O–H groups in total. The molecule has 6 heterocycles. The minimum absolute atomic E-state index is 0.158. The summed E-state index contributed by atoms with van der Waals surface area (Å²) in [6.07, 6.45) is 34.2. The number of anilines is 2. The Morgan fingerprint density at radius 1 is 0.513 bits per heavy atom. The van der Waals surface area contributed by atoms with E-state index in [1.54, 1.807) is 21.8 Å². The highest BCUT2D eigenvalue weighted by Gasteiger charge is 2.47. The molecule has 0 amide bonds. The Bertz CT molecular complexity index is 2710. The predicted molar refractivity (Wildman–Crippen MR) is 294 cm³/mol. The average molecular weight is 1030 g/mol. The van der Waals surface area contributed by atoms with Gasteiger partial charge in [0.05, 0.1) is 60.8 Å². The molecule has 16 nitrogen and oxygen atoms in total. The molecule has 4 saturated carbocycles. The third kappa shape index (κ3) is 11.8. The number of aryl methyl sites for hydroxylation is 2. The van der Waals surface area contributed by atoms with Crippen LogP contribution in [0.25, 0.3) is 11.4 Å². The first-order chi connectivity index (χ1) is 37.2. The molecular weight excluding hydrogens is 953 g/mol. The Morgan fingerprint density at radius 3 is 1.30 bits per heavy atom. The van der Waals surface area contributed by atoms with Gasteiger partial charge in [0.15, 0.2) is 0 Å². The Labute approximate surface area is 448 Å². The number of rotatable bonds is 16. The molecule has 2 saturated heterocycles. The van der Waals surface area contributed by atoms with Crippen LogP contribution >= 0.6 is 0 Å². The Morgan fingerprint density at radius 2 is 0.908 bits per heavy atom. The summed E-state index contributed by atoms with van der Waals surface area (Å²) in [5.74, 6) is 3.57. The predicted octanol–water partition coefficient (Wildman–Crippen LogP) is 11.3. The molecule has 16 heteroatoms. The summed E-state index contributed by atoms with van der Waals surface area (Å²) in [6.45, 7) is 4.46.